The molecule has 72 valence electrons. The van der Waals surface area contributed by atoms with E-state index in [9.17, 15) is 4.79 Å². The van der Waals surface area contributed by atoms with Gasteiger partial charge in [-0.3, -0.25) is 10.0 Å². The molecule has 3 nitrogen and oxygen atoms in total. The third-order valence-electron chi connectivity index (χ3n) is 1.81. The molecule has 5 heteroatoms. The highest BCUT2D eigenvalue weighted by Crippen LogP contribution is 2.28. The molecule has 1 amide bonds. The molecule has 0 aliphatic carbocycles. The predicted octanol–water partition coefficient (Wildman–Crippen LogP) is 2.78. The third-order valence-corrected chi connectivity index (χ3v) is 3.40. The van der Waals surface area contributed by atoms with Crippen molar-refractivity contribution in [1.29, 1.82) is 0 Å². The van der Waals surface area contributed by atoms with Gasteiger partial charge in [0.1, 0.15) is 0 Å². The van der Waals surface area contributed by atoms with Crippen molar-refractivity contribution in [3.05, 3.63) is 33.6 Å². The molecule has 2 rings (SSSR count). The second kappa shape index (κ2) is 3.68. The number of carbonyl (C=O) groups is 1. The minimum atomic E-state index is -0.470. The van der Waals surface area contributed by atoms with E-state index in [-0.39, 0.29) is 0 Å². The fraction of sp³-hybridized carbons (Fsp3) is 0. The lowest BCUT2D eigenvalue weighted by Crippen LogP contribution is -2.16. The summed E-state index contributed by atoms with van der Waals surface area (Å²) in [6.45, 7) is 0. The summed E-state index contributed by atoms with van der Waals surface area (Å²) in [7, 11) is 0. The molecule has 0 aliphatic heterocycles. The topological polar surface area (TPSA) is 49.3 Å². The van der Waals surface area contributed by atoms with Gasteiger partial charge in [0.25, 0.3) is 5.91 Å². The highest BCUT2D eigenvalue weighted by Gasteiger charge is 2.08. The van der Waals surface area contributed by atoms with E-state index in [0.29, 0.717) is 4.88 Å². The van der Waals surface area contributed by atoms with Gasteiger partial charge in [0.15, 0.2) is 0 Å². The molecule has 0 aliphatic rings. The SMILES string of the molecule is O=C(NO)c1cc2ccc(Br)cc2s1. The molecule has 1 aromatic carbocycles. The normalized spacial score (nSPS) is 10.4. The first-order chi connectivity index (χ1) is 6.70. The summed E-state index contributed by atoms with van der Waals surface area (Å²) in [5.74, 6) is -0.470. The average molecular weight is 272 g/mol. The molecule has 2 N–H and O–H groups in total. The minimum absolute atomic E-state index is 0.470. The summed E-state index contributed by atoms with van der Waals surface area (Å²) in [6.07, 6.45) is 0. The van der Waals surface area contributed by atoms with E-state index in [2.05, 4.69) is 15.9 Å². The fourth-order valence-corrected chi connectivity index (χ4v) is 2.68. The maximum atomic E-state index is 11.1. The van der Waals surface area contributed by atoms with Gasteiger partial charge < -0.3 is 0 Å². The van der Waals surface area contributed by atoms with Crippen molar-refractivity contribution in [2.45, 2.75) is 0 Å². The lowest BCUT2D eigenvalue weighted by atomic mass is 10.2. The largest absolute Gasteiger partial charge is 0.288 e. The molecular weight excluding hydrogens is 266 g/mol. The Hall–Kier alpha value is -0.910. The van der Waals surface area contributed by atoms with Gasteiger partial charge in [-0.05, 0) is 23.6 Å². The van der Waals surface area contributed by atoms with Crippen molar-refractivity contribution in [3.63, 3.8) is 0 Å². The standard InChI is InChI=1S/C9H6BrNO2S/c10-6-2-1-5-3-8(9(12)11-13)14-7(5)4-6/h1-4,13H,(H,11,12). The molecule has 0 fully saturated rings. The number of hydrogen-bond donors (Lipinski definition) is 2. The van der Waals surface area contributed by atoms with Crippen LogP contribution in [-0.2, 0) is 0 Å². The zero-order valence-electron chi connectivity index (χ0n) is 6.95. The summed E-state index contributed by atoms with van der Waals surface area (Å²) < 4.78 is 1.99. The van der Waals surface area contributed by atoms with Gasteiger partial charge >= 0.3 is 0 Å². The van der Waals surface area contributed by atoms with E-state index >= 15 is 0 Å². The van der Waals surface area contributed by atoms with Crippen LogP contribution >= 0.6 is 27.3 Å². The zero-order chi connectivity index (χ0) is 10.1. The molecule has 0 atom stereocenters. The molecule has 0 radical (unpaired) electrons. The predicted molar refractivity (Wildman–Crippen MR) is 58.8 cm³/mol. The maximum Gasteiger partial charge on any atom is 0.284 e. The lowest BCUT2D eigenvalue weighted by molar-refractivity contribution is 0.0711. The van der Waals surface area contributed by atoms with Crippen LogP contribution in [0, 0.1) is 0 Å². The number of hydroxylamine groups is 1. The first-order valence-corrected chi connectivity index (χ1v) is 5.45. The smallest absolute Gasteiger partial charge is 0.284 e. The molecule has 0 spiro atoms. The number of halogens is 1. The molecule has 1 heterocycles. The van der Waals surface area contributed by atoms with Crippen LogP contribution in [0.2, 0.25) is 0 Å². The Morgan fingerprint density at radius 3 is 2.93 bits per heavy atom. The molecular formula is C9H6BrNO2S. The fourth-order valence-electron chi connectivity index (χ4n) is 1.17. The number of fused-ring (bicyclic) bond motifs is 1. The highest BCUT2D eigenvalue weighted by atomic mass is 79.9. The summed E-state index contributed by atoms with van der Waals surface area (Å²) in [5, 5.41) is 9.46. The second-order valence-electron chi connectivity index (χ2n) is 2.73. The molecule has 0 bridgehead atoms. The van der Waals surface area contributed by atoms with Gasteiger partial charge in [0, 0.05) is 9.17 Å². The zero-order valence-corrected chi connectivity index (χ0v) is 9.35. The Kier molecular flexibility index (Phi) is 2.54. The number of rotatable bonds is 1. The Balaban J connectivity index is 2.56. The van der Waals surface area contributed by atoms with Crippen LogP contribution in [0.1, 0.15) is 9.67 Å². The van der Waals surface area contributed by atoms with E-state index in [1.54, 1.807) is 11.5 Å². The summed E-state index contributed by atoms with van der Waals surface area (Å²) in [6, 6.07) is 7.52. The van der Waals surface area contributed by atoms with Gasteiger partial charge in [0.2, 0.25) is 0 Å². The highest BCUT2D eigenvalue weighted by molar-refractivity contribution is 9.10. The number of nitrogens with one attached hydrogen (secondary N) is 1. The number of benzene rings is 1. The van der Waals surface area contributed by atoms with Crippen LogP contribution in [0.25, 0.3) is 10.1 Å². The van der Waals surface area contributed by atoms with Crippen molar-refractivity contribution in [1.82, 2.24) is 5.48 Å². The van der Waals surface area contributed by atoms with Crippen LogP contribution in [0.15, 0.2) is 28.7 Å². The first kappa shape index (κ1) is 9.64. The number of hydrogen-bond acceptors (Lipinski definition) is 3. The van der Waals surface area contributed by atoms with Crippen LogP contribution < -0.4 is 5.48 Å². The summed E-state index contributed by atoms with van der Waals surface area (Å²) in [5.41, 5.74) is 1.62. The van der Waals surface area contributed by atoms with Gasteiger partial charge in [0.05, 0.1) is 4.88 Å². The summed E-state index contributed by atoms with van der Waals surface area (Å²) >= 11 is 4.69. The van der Waals surface area contributed by atoms with Gasteiger partial charge in [-0.15, -0.1) is 11.3 Å². The van der Waals surface area contributed by atoms with Crippen LogP contribution in [-0.4, -0.2) is 11.1 Å². The Labute approximate surface area is 92.4 Å². The van der Waals surface area contributed by atoms with Crippen molar-refractivity contribution in [3.8, 4) is 0 Å². The van der Waals surface area contributed by atoms with E-state index in [1.165, 1.54) is 11.3 Å². The number of amides is 1. The molecule has 0 unspecified atom stereocenters. The Morgan fingerprint density at radius 1 is 1.43 bits per heavy atom. The van der Waals surface area contributed by atoms with Gasteiger partial charge in [-0.1, -0.05) is 22.0 Å². The second-order valence-corrected chi connectivity index (χ2v) is 4.73. The van der Waals surface area contributed by atoms with Crippen molar-refractivity contribution < 1.29 is 10.0 Å². The van der Waals surface area contributed by atoms with Crippen LogP contribution in [0.4, 0.5) is 0 Å². The monoisotopic (exact) mass is 271 g/mol. The Morgan fingerprint density at radius 2 is 2.21 bits per heavy atom. The summed E-state index contributed by atoms with van der Waals surface area (Å²) in [4.78, 5) is 11.6. The molecule has 0 saturated carbocycles. The lowest BCUT2D eigenvalue weighted by Gasteiger charge is -1.89. The first-order valence-electron chi connectivity index (χ1n) is 3.84. The quantitative estimate of drug-likeness (QED) is 0.619. The van der Waals surface area contributed by atoms with Crippen LogP contribution in [0.5, 0.6) is 0 Å². The van der Waals surface area contributed by atoms with Crippen molar-refractivity contribution >= 4 is 43.3 Å². The van der Waals surface area contributed by atoms with Crippen molar-refractivity contribution in [2.75, 3.05) is 0 Å². The molecule has 14 heavy (non-hydrogen) atoms. The van der Waals surface area contributed by atoms with Crippen LogP contribution in [0.3, 0.4) is 0 Å². The van der Waals surface area contributed by atoms with Gasteiger partial charge in [-0.25, -0.2) is 5.48 Å². The van der Waals surface area contributed by atoms with E-state index in [0.717, 1.165) is 14.6 Å². The van der Waals surface area contributed by atoms with E-state index < -0.39 is 5.91 Å². The molecule has 1 aromatic heterocycles. The van der Waals surface area contributed by atoms with E-state index in [1.807, 2.05) is 18.2 Å². The third kappa shape index (κ3) is 1.66. The molecule has 2 aromatic rings. The molecule has 0 saturated heterocycles. The number of thiophene rings is 1. The Bertz CT molecular complexity index is 495. The maximum absolute atomic E-state index is 11.1. The van der Waals surface area contributed by atoms with Crippen molar-refractivity contribution in [2.24, 2.45) is 0 Å². The minimum Gasteiger partial charge on any atom is -0.288 e. The van der Waals surface area contributed by atoms with E-state index in [4.69, 9.17) is 5.21 Å². The average Bonchev–Trinajstić information content (AvgIpc) is 2.59. The number of carbonyl (C=O) groups excluding carboxylic acids is 1. The van der Waals surface area contributed by atoms with Gasteiger partial charge in [-0.2, -0.15) is 0 Å².